The molecule has 0 saturated heterocycles. The molecule has 0 radical (unpaired) electrons. The van der Waals surface area contributed by atoms with Crippen molar-refractivity contribution >= 4 is 9.84 Å². The molecule has 7 nitrogen and oxygen atoms in total. The summed E-state index contributed by atoms with van der Waals surface area (Å²) in [6, 6.07) is 4.53. The lowest BCUT2D eigenvalue weighted by Gasteiger charge is -2.08. The zero-order valence-corrected chi connectivity index (χ0v) is 15.6. The summed E-state index contributed by atoms with van der Waals surface area (Å²) in [5, 5.41) is 6.52. The van der Waals surface area contributed by atoms with Crippen molar-refractivity contribution in [3.05, 3.63) is 52.5 Å². The molecule has 0 spiro atoms. The predicted molar refractivity (Wildman–Crippen MR) is 91.4 cm³/mol. The smallest absolute Gasteiger partial charge is 0.245 e. The molecule has 3 rings (SSSR count). The summed E-state index contributed by atoms with van der Waals surface area (Å²) in [5.74, 6) is -0.0924. The van der Waals surface area contributed by atoms with Gasteiger partial charge in [0.25, 0.3) is 0 Å². The van der Waals surface area contributed by atoms with E-state index in [1.165, 1.54) is 13.0 Å². The second-order valence-electron chi connectivity index (χ2n) is 6.17. The van der Waals surface area contributed by atoms with Crippen LogP contribution in [0.25, 0.3) is 11.4 Å². The quantitative estimate of drug-likeness (QED) is 0.669. The van der Waals surface area contributed by atoms with Crippen LogP contribution in [0.1, 0.15) is 40.6 Å². The van der Waals surface area contributed by atoms with Gasteiger partial charge in [-0.05, 0) is 39.3 Å². The van der Waals surface area contributed by atoms with E-state index in [-0.39, 0.29) is 17.5 Å². The average molecular weight is 379 g/mol. The number of sulfone groups is 1. The van der Waals surface area contributed by atoms with E-state index in [0.717, 1.165) is 0 Å². The van der Waals surface area contributed by atoms with Crippen LogP contribution in [0, 0.1) is 26.6 Å². The van der Waals surface area contributed by atoms with E-state index >= 15 is 0 Å². The number of aryl methyl sites for hydroxylation is 3. The molecular formula is C17H18FN3O4S. The minimum atomic E-state index is -3.64. The predicted octanol–water partition coefficient (Wildman–Crippen LogP) is 3.46. The number of hydrogen-bond acceptors (Lipinski definition) is 7. The van der Waals surface area contributed by atoms with E-state index in [1.807, 2.05) is 0 Å². The van der Waals surface area contributed by atoms with E-state index in [2.05, 4.69) is 15.3 Å². The van der Waals surface area contributed by atoms with Gasteiger partial charge in [0.1, 0.15) is 16.8 Å². The van der Waals surface area contributed by atoms with Crippen LogP contribution in [0.15, 0.2) is 27.2 Å². The van der Waals surface area contributed by atoms with Crippen LogP contribution < -0.4 is 0 Å². The van der Waals surface area contributed by atoms with Crippen molar-refractivity contribution in [2.45, 2.75) is 38.7 Å². The Morgan fingerprint density at radius 3 is 2.50 bits per heavy atom. The first-order valence-electron chi connectivity index (χ1n) is 7.92. The Hall–Kier alpha value is -2.55. The van der Waals surface area contributed by atoms with Gasteiger partial charge in [-0.3, -0.25) is 0 Å². The third kappa shape index (κ3) is 3.39. The van der Waals surface area contributed by atoms with Crippen LogP contribution in [-0.4, -0.2) is 23.7 Å². The van der Waals surface area contributed by atoms with Crippen molar-refractivity contribution in [2.75, 3.05) is 0 Å². The van der Waals surface area contributed by atoms with Crippen molar-refractivity contribution < 1.29 is 21.9 Å². The van der Waals surface area contributed by atoms with Crippen molar-refractivity contribution in [3.63, 3.8) is 0 Å². The summed E-state index contributed by atoms with van der Waals surface area (Å²) in [6.45, 7) is 6.46. The highest BCUT2D eigenvalue weighted by Crippen LogP contribution is 2.28. The highest BCUT2D eigenvalue weighted by atomic mass is 32.2. The maximum absolute atomic E-state index is 13.7. The van der Waals surface area contributed by atoms with Crippen molar-refractivity contribution in [3.8, 4) is 11.4 Å². The lowest BCUT2D eigenvalue weighted by molar-refractivity contribution is 0.376. The Morgan fingerprint density at radius 1 is 1.15 bits per heavy atom. The van der Waals surface area contributed by atoms with Gasteiger partial charge in [0.05, 0.1) is 11.4 Å². The summed E-state index contributed by atoms with van der Waals surface area (Å²) in [6.07, 6.45) is 0. The van der Waals surface area contributed by atoms with Gasteiger partial charge in [-0.1, -0.05) is 22.4 Å². The molecule has 26 heavy (non-hydrogen) atoms. The Bertz CT molecular complexity index is 1040. The number of nitrogens with zero attached hydrogens (tertiary/aromatic N) is 3. The van der Waals surface area contributed by atoms with E-state index in [1.54, 1.807) is 32.9 Å². The maximum Gasteiger partial charge on any atom is 0.245 e. The van der Waals surface area contributed by atoms with Gasteiger partial charge in [-0.25, -0.2) is 12.8 Å². The molecule has 1 atom stereocenters. The molecule has 0 fully saturated rings. The molecule has 2 aromatic heterocycles. The fourth-order valence-electron chi connectivity index (χ4n) is 2.44. The van der Waals surface area contributed by atoms with Crippen molar-refractivity contribution in [1.29, 1.82) is 0 Å². The summed E-state index contributed by atoms with van der Waals surface area (Å²) in [4.78, 5) is 4.13. The van der Waals surface area contributed by atoms with E-state index in [0.29, 0.717) is 28.1 Å². The molecule has 2 heterocycles. The van der Waals surface area contributed by atoms with Crippen molar-refractivity contribution in [1.82, 2.24) is 15.3 Å². The zero-order chi connectivity index (χ0) is 19.1. The van der Waals surface area contributed by atoms with Crippen LogP contribution in [0.5, 0.6) is 0 Å². The highest BCUT2D eigenvalue weighted by molar-refractivity contribution is 7.90. The van der Waals surface area contributed by atoms with Crippen LogP contribution in [0.4, 0.5) is 4.39 Å². The fourth-order valence-corrected chi connectivity index (χ4v) is 3.90. The van der Waals surface area contributed by atoms with Gasteiger partial charge in [0.15, 0.2) is 9.84 Å². The zero-order valence-electron chi connectivity index (χ0n) is 14.8. The van der Waals surface area contributed by atoms with Gasteiger partial charge >= 0.3 is 0 Å². The molecule has 0 aliphatic rings. The second-order valence-corrected chi connectivity index (χ2v) is 8.49. The Balaban J connectivity index is 1.87. The summed E-state index contributed by atoms with van der Waals surface area (Å²) in [5.41, 5.74) is 1.96. The fraction of sp³-hybridized carbons (Fsp3) is 0.353. The lowest BCUT2D eigenvalue weighted by Crippen LogP contribution is -2.14. The molecule has 0 N–H and O–H groups in total. The van der Waals surface area contributed by atoms with Crippen LogP contribution in [-0.2, 0) is 15.6 Å². The lowest BCUT2D eigenvalue weighted by atomic mass is 10.1. The van der Waals surface area contributed by atoms with Gasteiger partial charge in [-0.15, -0.1) is 0 Å². The number of rotatable bonds is 5. The van der Waals surface area contributed by atoms with Crippen molar-refractivity contribution in [2.24, 2.45) is 0 Å². The Morgan fingerprint density at radius 2 is 1.88 bits per heavy atom. The molecule has 0 aliphatic carbocycles. The number of hydrogen-bond donors (Lipinski definition) is 0. The SMILES string of the molecule is Cc1ccc(-c2noc([C@H](C)S(=O)(=O)Cc3c(C)noc3C)n2)cc1F. The summed E-state index contributed by atoms with van der Waals surface area (Å²) < 4.78 is 49.2. The highest BCUT2D eigenvalue weighted by Gasteiger charge is 2.30. The number of benzene rings is 1. The number of halogens is 1. The van der Waals surface area contributed by atoms with E-state index in [9.17, 15) is 12.8 Å². The molecule has 0 aliphatic heterocycles. The minimum Gasteiger partial charge on any atom is -0.361 e. The van der Waals surface area contributed by atoms with Crippen LogP contribution in [0.3, 0.4) is 0 Å². The Kier molecular flexibility index (Phi) is 4.66. The molecule has 0 amide bonds. The maximum atomic E-state index is 13.7. The Labute approximate surface area is 150 Å². The average Bonchev–Trinajstić information content (AvgIpc) is 3.19. The van der Waals surface area contributed by atoms with E-state index in [4.69, 9.17) is 9.05 Å². The topological polar surface area (TPSA) is 99.1 Å². The van der Waals surface area contributed by atoms with E-state index < -0.39 is 20.9 Å². The van der Waals surface area contributed by atoms with Gasteiger partial charge in [0.2, 0.25) is 11.7 Å². The minimum absolute atomic E-state index is 0.0484. The molecule has 0 unspecified atom stereocenters. The third-order valence-corrected chi connectivity index (χ3v) is 6.25. The second kappa shape index (κ2) is 6.64. The first-order chi connectivity index (χ1) is 12.2. The molecule has 9 heteroatoms. The summed E-state index contributed by atoms with van der Waals surface area (Å²) in [7, 11) is -3.64. The molecule has 0 saturated carbocycles. The van der Waals surface area contributed by atoms with Crippen LogP contribution in [0.2, 0.25) is 0 Å². The standard InChI is InChI=1S/C17H18FN3O4S/c1-9-5-6-13(7-15(9)18)16-19-17(25-21-16)12(4)26(22,23)8-14-10(2)20-24-11(14)3/h5-7,12H,8H2,1-4H3/t12-/m0/s1. The van der Waals surface area contributed by atoms with Gasteiger partial charge in [-0.2, -0.15) is 4.98 Å². The molecular weight excluding hydrogens is 361 g/mol. The first kappa shape index (κ1) is 18.2. The molecule has 0 bridgehead atoms. The largest absolute Gasteiger partial charge is 0.361 e. The van der Waals surface area contributed by atoms with Crippen LogP contribution >= 0.6 is 0 Å². The molecule has 138 valence electrons. The first-order valence-corrected chi connectivity index (χ1v) is 9.64. The van der Waals surface area contributed by atoms with Gasteiger partial charge < -0.3 is 9.05 Å². The van der Waals surface area contributed by atoms with Gasteiger partial charge in [0, 0.05) is 11.1 Å². The normalized spacial score (nSPS) is 13.1. The monoisotopic (exact) mass is 379 g/mol. The summed E-state index contributed by atoms with van der Waals surface area (Å²) >= 11 is 0. The molecule has 1 aromatic carbocycles. The third-order valence-electron chi connectivity index (χ3n) is 4.28. The number of aromatic nitrogens is 3. The molecule has 3 aromatic rings.